The van der Waals surface area contributed by atoms with Crippen molar-refractivity contribution in [2.45, 2.75) is 0 Å². The Kier molecular flexibility index (Phi) is 2.97. The van der Waals surface area contributed by atoms with E-state index in [9.17, 15) is 0 Å². The predicted octanol–water partition coefficient (Wildman–Crippen LogP) is 4.48. The van der Waals surface area contributed by atoms with E-state index < -0.39 is 0 Å². The fourth-order valence-corrected chi connectivity index (χ4v) is 2.73. The van der Waals surface area contributed by atoms with Gasteiger partial charge in [0.1, 0.15) is 0 Å². The van der Waals surface area contributed by atoms with E-state index in [0.29, 0.717) is 0 Å². The van der Waals surface area contributed by atoms with Crippen LogP contribution in [-0.4, -0.2) is 15.8 Å². The summed E-state index contributed by atoms with van der Waals surface area (Å²) in [5.41, 5.74) is 3.07. The summed E-state index contributed by atoms with van der Waals surface area (Å²) in [5, 5.41) is 2.35. The molecule has 0 radical (unpaired) electrons. The minimum Gasteiger partial charge on any atom is -0.326 e. The zero-order chi connectivity index (χ0) is 14.9. The first kappa shape index (κ1) is 12.8. The number of aryl methyl sites for hydroxylation is 1. The van der Waals surface area contributed by atoms with Crippen molar-refractivity contribution in [3.05, 3.63) is 72.6 Å². The molecule has 0 fully saturated rings. The van der Waals surface area contributed by atoms with Gasteiger partial charge < -0.3 is 4.57 Å². The average Bonchev–Trinajstić information content (AvgIpc) is 2.89. The van der Waals surface area contributed by atoms with Crippen LogP contribution < -0.4 is 0 Å². The van der Waals surface area contributed by atoms with Crippen LogP contribution in [0.4, 0.5) is 5.69 Å². The number of hydrogen-bond donors (Lipinski definition) is 0. The van der Waals surface area contributed by atoms with Crippen LogP contribution >= 0.6 is 0 Å². The lowest BCUT2D eigenvalue weighted by atomic mass is 10.1. The first-order valence-electron chi connectivity index (χ1n) is 7.26. The number of imidazole rings is 1. The molecule has 0 N–H and O–H groups in total. The van der Waals surface area contributed by atoms with Gasteiger partial charge in [-0.05, 0) is 23.6 Å². The van der Waals surface area contributed by atoms with Gasteiger partial charge in [0.05, 0.1) is 22.9 Å². The van der Waals surface area contributed by atoms with Crippen LogP contribution in [0.3, 0.4) is 0 Å². The number of aliphatic imine (C=N–C) groups is 1. The summed E-state index contributed by atoms with van der Waals surface area (Å²) in [6.07, 6.45) is 1.84. The number of nitrogens with zero attached hydrogens (tertiary/aromatic N) is 3. The largest absolute Gasteiger partial charge is 0.326 e. The molecule has 1 aromatic heterocycles. The molecule has 3 nitrogen and oxygen atoms in total. The minimum atomic E-state index is 0.856. The van der Waals surface area contributed by atoms with Gasteiger partial charge >= 0.3 is 0 Å². The summed E-state index contributed by atoms with van der Waals surface area (Å²) >= 11 is 0. The summed E-state index contributed by atoms with van der Waals surface area (Å²) in [7, 11) is 2.01. The Morgan fingerprint density at radius 1 is 0.909 bits per heavy atom. The lowest BCUT2D eigenvalue weighted by Crippen LogP contribution is -1.95. The highest BCUT2D eigenvalue weighted by molar-refractivity contribution is 5.95. The van der Waals surface area contributed by atoms with Crippen LogP contribution in [0.1, 0.15) is 5.82 Å². The van der Waals surface area contributed by atoms with Gasteiger partial charge in [-0.2, -0.15) is 0 Å². The summed E-state index contributed by atoms with van der Waals surface area (Å²) in [5.74, 6) is 0.856. The molecule has 0 aliphatic heterocycles. The van der Waals surface area contributed by atoms with Crippen molar-refractivity contribution in [2.24, 2.45) is 12.0 Å². The second-order valence-corrected chi connectivity index (χ2v) is 5.27. The third-order valence-corrected chi connectivity index (χ3v) is 3.91. The molecule has 0 saturated carbocycles. The zero-order valence-corrected chi connectivity index (χ0v) is 12.3. The molecule has 0 atom stereocenters. The molecule has 22 heavy (non-hydrogen) atoms. The van der Waals surface area contributed by atoms with Crippen molar-refractivity contribution in [3.8, 4) is 0 Å². The molecule has 0 aliphatic carbocycles. The minimum absolute atomic E-state index is 0.856. The summed E-state index contributed by atoms with van der Waals surface area (Å²) in [6, 6.07) is 22.5. The van der Waals surface area contributed by atoms with E-state index in [2.05, 4.69) is 38.8 Å². The maximum absolute atomic E-state index is 4.65. The van der Waals surface area contributed by atoms with Crippen LogP contribution in [0.2, 0.25) is 0 Å². The number of para-hydroxylation sites is 2. The molecular formula is C19H15N3. The van der Waals surface area contributed by atoms with Gasteiger partial charge in [0, 0.05) is 12.4 Å². The third kappa shape index (κ3) is 2.07. The Morgan fingerprint density at radius 2 is 1.68 bits per heavy atom. The highest BCUT2D eigenvalue weighted by Gasteiger charge is 2.04. The first-order valence-corrected chi connectivity index (χ1v) is 7.26. The van der Waals surface area contributed by atoms with Gasteiger partial charge in [-0.3, -0.25) is 4.99 Å². The zero-order valence-electron chi connectivity index (χ0n) is 12.3. The van der Waals surface area contributed by atoms with Crippen molar-refractivity contribution in [3.63, 3.8) is 0 Å². The molecule has 1 heterocycles. The SMILES string of the molecule is Cn1c(/C=N/c2cccc3ccccc23)nc2ccccc21. The Morgan fingerprint density at radius 3 is 2.59 bits per heavy atom. The number of aromatic nitrogens is 2. The summed E-state index contributed by atoms with van der Waals surface area (Å²) in [6.45, 7) is 0. The second kappa shape index (κ2) is 5.11. The molecule has 106 valence electrons. The van der Waals surface area contributed by atoms with E-state index in [4.69, 9.17) is 0 Å². The van der Waals surface area contributed by atoms with E-state index in [1.807, 2.05) is 55.7 Å². The van der Waals surface area contributed by atoms with Gasteiger partial charge in [-0.25, -0.2) is 4.98 Å². The maximum Gasteiger partial charge on any atom is 0.152 e. The quantitative estimate of drug-likeness (QED) is 0.499. The van der Waals surface area contributed by atoms with Crippen molar-refractivity contribution in [1.29, 1.82) is 0 Å². The molecule has 0 bridgehead atoms. The van der Waals surface area contributed by atoms with Gasteiger partial charge in [-0.15, -0.1) is 0 Å². The number of fused-ring (bicyclic) bond motifs is 2. The van der Waals surface area contributed by atoms with Gasteiger partial charge in [0.2, 0.25) is 0 Å². The highest BCUT2D eigenvalue weighted by Crippen LogP contribution is 2.25. The van der Waals surface area contributed by atoms with Crippen LogP contribution in [-0.2, 0) is 7.05 Å². The summed E-state index contributed by atoms with van der Waals surface area (Å²) < 4.78 is 2.06. The molecular weight excluding hydrogens is 270 g/mol. The molecule has 3 aromatic carbocycles. The molecule has 0 spiro atoms. The number of rotatable bonds is 2. The van der Waals surface area contributed by atoms with Crippen LogP contribution in [0.25, 0.3) is 21.8 Å². The average molecular weight is 285 g/mol. The monoisotopic (exact) mass is 285 g/mol. The van der Waals surface area contributed by atoms with Crippen LogP contribution in [0.5, 0.6) is 0 Å². The molecule has 4 aromatic rings. The lowest BCUT2D eigenvalue weighted by molar-refractivity contribution is 0.935. The summed E-state index contributed by atoms with van der Waals surface area (Å²) in [4.78, 5) is 9.27. The predicted molar refractivity (Wildman–Crippen MR) is 91.9 cm³/mol. The maximum atomic E-state index is 4.65. The van der Waals surface area contributed by atoms with Gasteiger partial charge in [0.15, 0.2) is 5.82 Å². The molecule has 0 saturated heterocycles. The van der Waals surface area contributed by atoms with E-state index >= 15 is 0 Å². The fraction of sp³-hybridized carbons (Fsp3) is 0.0526. The van der Waals surface area contributed by atoms with Crippen molar-refractivity contribution < 1.29 is 0 Å². The second-order valence-electron chi connectivity index (χ2n) is 5.27. The smallest absolute Gasteiger partial charge is 0.152 e. The molecule has 0 amide bonds. The Hall–Kier alpha value is -2.94. The van der Waals surface area contributed by atoms with Crippen molar-refractivity contribution in [2.75, 3.05) is 0 Å². The Balaban J connectivity index is 1.81. The standard InChI is InChI=1S/C19H15N3/c1-22-18-12-5-4-10-17(18)21-19(22)13-20-16-11-6-8-14-7-2-3-9-15(14)16/h2-13H,1H3/b20-13+. The molecule has 3 heteroatoms. The fourth-order valence-electron chi connectivity index (χ4n) is 2.73. The normalized spacial score (nSPS) is 11.7. The molecule has 0 unspecified atom stereocenters. The van der Waals surface area contributed by atoms with Crippen molar-refractivity contribution >= 4 is 33.7 Å². The first-order chi connectivity index (χ1) is 10.8. The Labute approximate surface area is 128 Å². The number of benzene rings is 3. The Bertz CT molecular complexity index is 991. The van der Waals surface area contributed by atoms with E-state index in [1.165, 1.54) is 5.39 Å². The third-order valence-electron chi connectivity index (χ3n) is 3.91. The molecule has 0 aliphatic rings. The van der Waals surface area contributed by atoms with Gasteiger partial charge in [0.25, 0.3) is 0 Å². The van der Waals surface area contributed by atoms with Crippen LogP contribution in [0, 0.1) is 0 Å². The van der Waals surface area contributed by atoms with E-state index in [-0.39, 0.29) is 0 Å². The lowest BCUT2D eigenvalue weighted by Gasteiger charge is -2.01. The van der Waals surface area contributed by atoms with E-state index in [0.717, 1.165) is 27.9 Å². The molecule has 4 rings (SSSR count). The number of hydrogen-bond acceptors (Lipinski definition) is 2. The topological polar surface area (TPSA) is 30.2 Å². The van der Waals surface area contributed by atoms with Crippen molar-refractivity contribution in [1.82, 2.24) is 9.55 Å². The van der Waals surface area contributed by atoms with Crippen LogP contribution in [0.15, 0.2) is 71.7 Å². The highest BCUT2D eigenvalue weighted by atomic mass is 15.1. The van der Waals surface area contributed by atoms with E-state index in [1.54, 1.807) is 0 Å². The van der Waals surface area contributed by atoms with Gasteiger partial charge in [-0.1, -0.05) is 48.5 Å².